The van der Waals surface area contributed by atoms with E-state index in [1.807, 2.05) is 0 Å². The Morgan fingerprint density at radius 1 is 0.893 bits per heavy atom. The number of rotatable bonds is 5. The molecule has 28 heavy (non-hydrogen) atoms. The molecule has 0 radical (unpaired) electrons. The molecule has 5 nitrogen and oxygen atoms in total. The van der Waals surface area contributed by atoms with Crippen LogP contribution in [0.15, 0.2) is 59.5 Å². The zero-order valence-corrected chi connectivity index (χ0v) is 17.1. The van der Waals surface area contributed by atoms with Gasteiger partial charge in [0.2, 0.25) is 0 Å². The van der Waals surface area contributed by atoms with Crippen molar-refractivity contribution in [3.63, 3.8) is 0 Å². The van der Waals surface area contributed by atoms with Crippen LogP contribution in [0.1, 0.15) is 55.3 Å². The van der Waals surface area contributed by atoms with Crippen molar-refractivity contribution in [3.8, 4) is 0 Å². The molecule has 1 saturated carbocycles. The molecular weight excluding hydrogens is 372 g/mol. The number of nitrogens with one attached hydrogen (secondary N) is 1. The summed E-state index contributed by atoms with van der Waals surface area (Å²) in [7, 11) is -2.25. The van der Waals surface area contributed by atoms with Crippen LogP contribution in [0.2, 0.25) is 0 Å². The molecule has 150 valence electrons. The minimum absolute atomic E-state index is 0.150. The van der Waals surface area contributed by atoms with Crippen molar-refractivity contribution in [1.82, 2.24) is 5.32 Å². The molecule has 0 heterocycles. The molecule has 0 atom stereocenters. The van der Waals surface area contributed by atoms with Crippen LogP contribution >= 0.6 is 0 Å². The molecule has 6 heteroatoms. The van der Waals surface area contributed by atoms with Crippen LogP contribution in [0.4, 0.5) is 5.69 Å². The van der Waals surface area contributed by atoms with Crippen LogP contribution < -0.4 is 9.62 Å². The third kappa shape index (κ3) is 4.73. The van der Waals surface area contributed by atoms with Crippen LogP contribution in [0.5, 0.6) is 0 Å². The Balaban J connectivity index is 1.83. The summed E-state index contributed by atoms with van der Waals surface area (Å²) < 4.78 is 27.1. The van der Waals surface area contributed by atoms with Gasteiger partial charge in [-0.05, 0) is 37.1 Å². The van der Waals surface area contributed by atoms with Crippen molar-refractivity contribution in [2.75, 3.05) is 11.4 Å². The van der Waals surface area contributed by atoms with E-state index in [0.717, 1.165) is 25.7 Å². The van der Waals surface area contributed by atoms with E-state index in [9.17, 15) is 13.2 Å². The molecule has 1 N–H and O–H groups in total. The van der Waals surface area contributed by atoms with E-state index in [4.69, 9.17) is 0 Å². The van der Waals surface area contributed by atoms with Crippen molar-refractivity contribution in [2.45, 2.75) is 55.9 Å². The summed E-state index contributed by atoms with van der Waals surface area (Å²) in [6, 6.07) is 15.3. The number of sulfonamides is 1. The number of hydrogen-bond donors (Lipinski definition) is 1. The first-order valence-electron chi connectivity index (χ1n) is 9.94. The average Bonchev–Trinajstić information content (AvgIpc) is 2.70. The molecule has 2 aromatic carbocycles. The van der Waals surface area contributed by atoms with Gasteiger partial charge in [-0.3, -0.25) is 9.10 Å². The van der Waals surface area contributed by atoms with Gasteiger partial charge in [-0.2, -0.15) is 0 Å². The summed E-state index contributed by atoms with van der Waals surface area (Å²) >= 11 is 0. The van der Waals surface area contributed by atoms with E-state index in [1.54, 1.807) is 54.6 Å². The second-order valence-corrected chi connectivity index (χ2v) is 9.29. The minimum atomic E-state index is -3.74. The SMILES string of the molecule is CN(c1ccccc1C(=O)NC1CCCCCCC1)S(=O)(=O)c1ccccc1. The maximum absolute atomic E-state index is 13.0. The highest BCUT2D eigenvalue weighted by Gasteiger charge is 2.25. The Labute approximate surface area is 167 Å². The molecule has 3 rings (SSSR count). The molecule has 0 aliphatic heterocycles. The van der Waals surface area contributed by atoms with E-state index in [-0.39, 0.29) is 16.8 Å². The smallest absolute Gasteiger partial charge is 0.264 e. The summed E-state index contributed by atoms with van der Waals surface area (Å²) in [5, 5.41) is 3.13. The topological polar surface area (TPSA) is 66.5 Å². The van der Waals surface area contributed by atoms with Crippen LogP contribution in [0.25, 0.3) is 0 Å². The lowest BCUT2D eigenvalue weighted by Gasteiger charge is -2.24. The summed E-state index contributed by atoms with van der Waals surface area (Å²) in [4.78, 5) is 13.2. The summed E-state index contributed by atoms with van der Waals surface area (Å²) in [6.07, 6.45) is 7.88. The maximum atomic E-state index is 13.0. The number of nitrogens with zero attached hydrogens (tertiary/aromatic N) is 1. The number of amides is 1. The molecule has 2 aromatic rings. The van der Waals surface area contributed by atoms with E-state index < -0.39 is 10.0 Å². The van der Waals surface area contributed by atoms with Crippen molar-refractivity contribution in [3.05, 3.63) is 60.2 Å². The molecular formula is C22H28N2O3S. The predicted molar refractivity (Wildman–Crippen MR) is 112 cm³/mol. The number of carbonyl (C=O) groups is 1. The van der Waals surface area contributed by atoms with Crippen molar-refractivity contribution >= 4 is 21.6 Å². The number of hydrogen-bond acceptors (Lipinski definition) is 3. The lowest BCUT2D eigenvalue weighted by atomic mass is 9.96. The first-order chi connectivity index (χ1) is 13.5. The number of para-hydroxylation sites is 1. The lowest BCUT2D eigenvalue weighted by Crippen LogP contribution is -2.37. The standard InChI is InChI=1S/C22H28N2O3S/c1-24(28(26,27)19-14-8-5-9-15-19)21-17-11-10-16-20(21)22(25)23-18-12-6-3-2-4-7-13-18/h5,8-11,14-18H,2-4,6-7,12-13H2,1H3,(H,23,25). The number of benzene rings is 2. The quantitative estimate of drug-likeness (QED) is 0.811. The summed E-state index contributed by atoms with van der Waals surface area (Å²) in [5.74, 6) is -0.212. The number of anilines is 1. The lowest BCUT2D eigenvalue weighted by molar-refractivity contribution is 0.0931. The van der Waals surface area contributed by atoms with E-state index in [1.165, 1.54) is 30.6 Å². The molecule has 0 saturated heterocycles. The fraction of sp³-hybridized carbons (Fsp3) is 0.409. The Hall–Kier alpha value is -2.34. The van der Waals surface area contributed by atoms with Gasteiger partial charge in [-0.25, -0.2) is 8.42 Å². The largest absolute Gasteiger partial charge is 0.349 e. The molecule has 1 fully saturated rings. The van der Waals surface area contributed by atoms with Gasteiger partial charge in [0.25, 0.3) is 15.9 Å². The van der Waals surface area contributed by atoms with Crippen molar-refractivity contribution in [1.29, 1.82) is 0 Å². The molecule has 0 aromatic heterocycles. The second kappa shape index (κ2) is 9.24. The van der Waals surface area contributed by atoms with Gasteiger partial charge in [0.15, 0.2) is 0 Å². The van der Waals surface area contributed by atoms with Gasteiger partial charge in [-0.15, -0.1) is 0 Å². The Bertz CT molecular complexity index is 889. The molecule has 0 spiro atoms. The highest BCUT2D eigenvalue weighted by Crippen LogP contribution is 2.26. The first-order valence-corrected chi connectivity index (χ1v) is 11.4. The highest BCUT2D eigenvalue weighted by atomic mass is 32.2. The van der Waals surface area contributed by atoms with Crippen LogP contribution in [0, 0.1) is 0 Å². The monoisotopic (exact) mass is 400 g/mol. The van der Waals surface area contributed by atoms with Gasteiger partial charge in [0.1, 0.15) is 0 Å². The van der Waals surface area contributed by atoms with Gasteiger partial charge in [0.05, 0.1) is 16.1 Å². The van der Waals surface area contributed by atoms with E-state index >= 15 is 0 Å². The Kier molecular flexibility index (Phi) is 6.73. The zero-order chi connectivity index (χ0) is 20.0. The maximum Gasteiger partial charge on any atom is 0.264 e. The van der Waals surface area contributed by atoms with Crippen LogP contribution in [-0.4, -0.2) is 27.4 Å². The minimum Gasteiger partial charge on any atom is -0.349 e. The average molecular weight is 401 g/mol. The molecule has 1 aliphatic rings. The van der Waals surface area contributed by atoms with Crippen LogP contribution in [-0.2, 0) is 10.0 Å². The number of carbonyl (C=O) groups excluding carboxylic acids is 1. The summed E-state index contributed by atoms with van der Waals surface area (Å²) in [6.45, 7) is 0. The Morgan fingerprint density at radius 3 is 2.14 bits per heavy atom. The molecule has 1 aliphatic carbocycles. The Morgan fingerprint density at radius 2 is 1.46 bits per heavy atom. The van der Waals surface area contributed by atoms with Crippen molar-refractivity contribution in [2.24, 2.45) is 0 Å². The predicted octanol–water partition coefficient (Wildman–Crippen LogP) is 4.35. The third-order valence-corrected chi connectivity index (χ3v) is 7.12. The fourth-order valence-electron chi connectivity index (χ4n) is 3.68. The molecule has 0 bridgehead atoms. The van der Waals surface area contributed by atoms with Gasteiger partial charge in [-0.1, -0.05) is 62.4 Å². The van der Waals surface area contributed by atoms with Crippen LogP contribution in [0.3, 0.4) is 0 Å². The zero-order valence-electron chi connectivity index (χ0n) is 16.3. The summed E-state index contributed by atoms with van der Waals surface area (Å²) in [5.41, 5.74) is 0.765. The van der Waals surface area contributed by atoms with Crippen molar-refractivity contribution < 1.29 is 13.2 Å². The van der Waals surface area contributed by atoms with Gasteiger partial charge in [0, 0.05) is 13.1 Å². The van der Waals surface area contributed by atoms with Gasteiger partial charge < -0.3 is 5.32 Å². The normalized spacial score (nSPS) is 16.0. The highest BCUT2D eigenvalue weighted by molar-refractivity contribution is 7.92. The van der Waals surface area contributed by atoms with E-state index in [2.05, 4.69) is 5.32 Å². The third-order valence-electron chi connectivity index (χ3n) is 5.33. The molecule has 0 unspecified atom stereocenters. The molecule has 1 amide bonds. The van der Waals surface area contributed by atoms with E-state index in [0.29, 0.717) is 11.3 Å². The second-order valence-electron chi connectivity index (χ2n) is 7.32. The first kappa shape index (κ1) is 20.4. The van der Waals surface area contributed by atoms with Gasteiger partial charge >= 0.3 is 0 Å². The fourth-order valence-corrected chi connectivity index (χ4v) is 4.92.